The molecule has 1 aliphatic heterocycles. The number of benzene rings is 1. The number of hydrogen-bond acceptors (Lipinski definition) is 4. The van der Waals surface area contributed by atoms with Crippen molar-refractivity contribution in [2.75, 3.05) is 0 Å². The maximum Gasteiger partial charge on any atom is 0.316 e. The summed E-state index contributed by atoms with van der Waals surface area (Å²) in [6.07, 6.45) is 2.45. The van der Waals surface area contributed by atoms with E-state index in [2.05, 4.69) is 5.10 Å². The highest BCUT2D eigenvalue weighted by Crippen LogP contribution is 2.35. The van der Waals surface area contributed by atoms with E-state index in [0.717, 1.165) is 12.8 Å². The second-order valence-electron chi connectivity index (χ2n) is 5.72. The number of rotatable bonds is 4. The predicted molar refractivity (Wildman–Crippen MR) is 78.0 cm³/mol. The van der Waals surface area contributed by atoms with Gasteiger partial charge >= 0.3 is 5.97 Å². The second-order valence-corrected chi connectivity index (χ2v) is 5.72. The first-order valence-corrected chi connectivity index (χ1v) is 7.42. The largest absolute Gasteiger partial charge is 0.481 e. The summed E-state index contributed by atoms with van der Waals surface area (Å²) in [7, 11) is 0. The SMILES string of the molecule is CCC1C(C(=O)O)C(=O)C(c2ccc(F)cc2)=NN1C1CC1. The number of carboxylic acids is 1. The summed E-state index contributed by atoms with van der Waals surface area (Å²) in [5.41, 5.74) is 0.571. The van der Waals surface area contributed by atoms with E-state index >= 15 is 0 Å². The van der Waals surface area contributed by atoms with Crippen LogP contribution in [0.4, 0.5) is 4.39 Å². The Hall–Kier alpha value is -2.24. The minimum atomic E-state index is -1.13. The Morgan fingerprint density at radius 2 is 2.00 bits per heavy atom. The van der Waals surface area contributed by atoms with Crippen molar-refractivity contribution in [1.82, 2.24) is 5.01 Å². The van der Waals surface area contributed by atoms with Crippen LogP contribution in [0.2, 0.25) is 0 Å². The number of carboxylic acid groups (broad SMARTS) is 1. The third-order valence-electron chi connectivity index (χ3n) is 4.18. The molecule has 1 fully saturated rings. The maximum atomic E-state index is 13.1. The van der Waals surface area contributed by atoms with Gasteiger partial charge in [-0.05, 0) is 43.5 Å². The number of nitrogens with zero attached hydrogens (tertiary/aromatic N) is 2. The van der Waals surface area contributed by atoms with Gasteiger partial charge in [0, 0.05) is 11.6 Å². The molecule has 0 spiro atoms. The van der Waals surface area contributed by atoms with E-state index in [4.69, 9.17) is 0 Å². The number of hydrogen-bond donors (Lipinski definition) is 1. The molecule has 6 heteroatoms. The molecule has 0 amide bonds. The maximum absolute atomic E-state index is 13.1. The molecule has 3 rings (SSSR count). The lowest BCUT2D eigenvalue weighted by Crippen LogP contribution is -2.52. The zero-order valence-corrected chi connectivity index (χ0v) is 12.2. The number of carbonyl (C=O) groups is 2. The van der Waals surface area contributed by atoms with E-state index in [1.807, 2.05) is 6.92 Å². The molecule has 1 N–H and O–H groups in total. The van der Waals surface area contributed by atoms with Crippen LogP contribution in [-0.2, 0) is 9.59 Å². The van der Waals surface area contributed by atoms with Gasteiger partial charge in [-0.1, -0.05) is 6.92 Å². The van der Waals surface area contributed by atoms with Crippen LogP contribution < -0.4 is 0 Å². The molecule has 1 aromatic carbocycles. The average molecular weight is 304 g/mol. The number of aliphatic carboxylic acids is 1. The zero-order chi connectivity index (χ0) is 15.9. The van der Waals surface area contributed by atoms with Crippen molar-refractivity contribution >= 4 is 17.5 Å². The number of halogens is 1. The molecule has 22 heavy (non-hydrogen) atoms. The van der Waals surface area contributed by atoms with E-state index in [1.54, 1.807) is 5.01 Å². The molecule has 1 aliphatic carbocycles. The first-order valence-electron chi connectivity index (χ1n) is 7.42. The van der Waals surface area contributed by atoms with E-state index in [1.165, 1.54) is 24.3 Å². The van der Waals surface area contributed by atoms with E-state index < -0.39 is 29.5 Å². The molecule has 116 valence electrons. The van der Waals surface area contributed by atoms with Crippen LogP contribution in [0.1, 0.15) is 31.7 Å². The van der Waals surface area contributed by atoms with Gasteiger partial charge in [0.15, 0.2) is 5.78 Å². The number of hydrazone groups is 1. The van der Waals surface area contributed by atoms with Crippen LogP contribution in [0.3, 0.4) is 0 Å². The fourth-order valence-corrected chi connectivity index (χ4v) is 2.91. The van der Waals surface area contributed by atoms with Crippen molar-refractivity contribution in [3.63, 3.8) is 0 Å². The Bertz CT molecular complexity index is 637. The van der Waals surface area contributed by atoms with Crippen molar-refractivity contribution in [3.05, 3.63) is 35.6 Å². The normalized spacial score (nSPS) is 25.1. The summed E-state index contributed by atoms with van der Waals surface area (Å²) in [4.78, 5) is 24.2. The quantitative estimate of drug-likeness (QED) is 0.864. The summed E-state index contributed by atoms with van der Waals surface area (Å²) < 4.78 is 13.1. The molecule has 2 unspecified atom stereocenters. The van der Waals surface area contributed by atoms with Gasteiger partial charge in [0.1, 0.15) is 17.4 Å². The molecular weight excluding hydrogens is 287 g/mol. The Morgan fingerprint density at radius 1 is 1.36 bits per heavy atom. The Morgan fingerprint density at radius 3 is 2.50 bits per heavy atom. The van der Waals surface area contributed by atoms with Crippen LogP contribution in [0, 0.1) is 11.7 Å². The fourth-order valence-electron chi connectivity index (χ4n) is 2.91. The zero-order valence-electron chi connectivity index (χ0n) is 12.2. The van der Waals surface area contributed by atoms with Gasteiger partial charge in [0.2, 0.25) is 0 Å². The fraction of sp³-hybridized carbons (Fsp3) is 0.438. The van der Waals surface area contributed by atoms with Gasteiger partial charge in [-0.25, -0.2) is 4.39 Å². The Kier molecular flexibility index (Phi) is 3.68. The van der Waals surface area contributed by atoms with Crippen LogP contribution in [0.15, 0.2) is 29.4 Å². The van der Waals surface area contributed by atoms with Crippen molar-refractivity contribution in [3.8, 4) is 0 Å². The van der Waals surface area contributed by atoms with Gasteiger partial charge in [-0.2, -0.15) is 5.10 Å². The highest BCUT2D eigenvalue weighted by Gasteiger charge is 2.47. The van der Waals surface area contributed by atoms with Crippen LogP contribution in [-0.4, -0.2) is 39.7 Å². The van der Waals surface area contributed by atoms with Gasteiger partial charge in [0.05, 0.1) is 6.04 Å². The molecule has 1 saturated carbocycles. The monoisotopic (exact) mass is 304 g/mol. The van der Waals surface area contributed by atoms with Crippen molar-refractivity contribution in [2.24, 2.45) is 11.0 Å². The van der Waals surface area contributed by atoms with Crippen molar-refractivity contribution in [1.29, 1.82) is 0 Å². The minimum Gasteiger partial charge on any atom is -0.481 e. The van der Waals surface area contributed by atoms with Gasteiger partial charge in [-0.15, -0.1) is 0 Å². The molecule has 1 heterocycles. The molecule has 5 nitrogen and oxygen atoms in total. The third-order valence-corrected chi connectivity index (χ3v) is 4.18. The topological polar surface area (TPSA) is 70.0 Å². The molecular formula is C16H17FN2O3. The lowest BCUT2D eigenvalue weighted by atomic mass is 9.86. The van der Waals surface area contributed by atoms with Crippen LogP contribution in [0.5, 0.6) is 0 Å². The number of Topliss-reactive ketones (excluding diaryl/α,β-unsaturated/α-hetero) is 1. The number of carbonyl (C=O) groups excluding carboxylic acids is 1. The third kappa shape index (κ3) is 2.49. The standard InChI is InChI=1S/C16H17FN2O3/c1-2-12-13(16(21)22)15(20)14(18-19(12)11-7-8-11)9-3-5-10(17)6-4-9/h3-6,11-13H,2,7-8H2,1H3,(H,21,22). The lowest BCUT2D eigenvalue weighted by molar-refractivity contribution is -0.148. The predicted octanol–water partition coefficient (Wildman–Crippen LogP) is 2.06. The average Bonchev–Trinajstić information content (AvgIpc) is 3.32. The smallest absolute Gasteiger partial charge is 0.316 e. The van der Waals surface area contributed by atoms with E-state index in [0.29, 0.717) is 12.0 Å². The molecule has 2 atom stereocenters. The Balaban J connectivity index is 2.05. The first kappa shape index (κ1) is 14.7. The van der Waals surface area contributed by atoms with Gasteiger partial charge < -0.3 is 5.11 Å². The van der Waals surface area contributed by atoms with Crippen molar-refractivity contribution < 1.29 is 19.1 Å². The Labute approximate surface area is 127 Å². The highest BCUT2D eigenvalue weighted by atomic mass is 19.1. The molecule has 2 aliphatic rings. The number of ketones is 1. The van der Waals surface area contributed by atoms with Crippen molar-refractivity contribution in [2.45, 2.75) is 38.3 Å². The van der Waals surface area contributed by atoms with Crippen LogP contribution >= 0.6 is 0 Å². The molecule has 1 aromatic rings. The summed E-state index contributed by atoms with van der Waals surface area (Å²) in [6.45, 7) is 1.86. The van der Waals surface area contributed by atoms with Gasteiger partial charge in [-0.3, -0.25) is 14.6 Å². The first-order chi connectivity index (χ1) is 10.5. The summed E-state index contributed by atoms with van der Waals surface area (Å²) >= 11 is 0. The molecule has 0 radical (unpaired) electrons. The van der Waals surface area contributed by atoms with Crippen LogP contribution in [0.25, 0.3) is 0 Å². The van der Waals surface area contributed by atoms with E-state index in [-0.39, 0.29) is 11.8 Å². The van der Waals surface area contributed by atoms with E-state index in [9.17, 15) is 19.1 Å². The summed E-state index contributed by atoms with van der Waals surface area (Å²) in [5.74, 6) is -3.16. The summed E-state index contributed by atoms with van der Waals surface area (Å²) in [6, 6.07) is 5.20. The lowest BCUT2D eigenvalue weighted by Gasteiger charge is -2.36. The molecule has 0 saturated heterocycles. The molecule has 0 aromatic heterocycles. The van der Waals surface area contributed by atoms with Gasteiger partial charge in [0.25, 0.3) is 0 Å². The minimum absolute atomic E-state index is 0.115. The highest BCUT2D eigenvalue weighted by molar-refractivity contribution is 6.49. The second kappa shape index (κ2) is 5.51. The summed E-state index contributed by atoms with van der Waals surface area (Å²) in [5, 5.41) is 15.7. The molecule has 0 bridgehead atoms.